The number of aromatic nitrogens is 3. The Labute approximate surface area is 160 Å². The summed E-state index contributed by atoms with van der Waals surface area (Å²) in [4.78, 5) is 3.94. The number of hydrogen-bond donors (Lipinski definition) is 2. The van der Waals surface area contributed by atoms with Gasteiger partial charge in [0.05, 0.1) is 4.90 Å². The minimum atomic E-state index is -3.97. The fraction of sp³-hybridized carbons (Fsp3) is 0.125. The lowest BCUT2D eigenvalue weighted by Gasteiger charge is -2.05. The predicted octanol–water partition coefficient (Wildman–Crippen LogP) is 3.06. The van der Waals surface area contributed by atoms with E-state index in [0.29, 0.717) is 27.1 Å². The molecule has 0 aliphatic rings. The number of benzene rings is 2. The van der Waals surface area contributed by atoms with Crippen LogP contribution in [0.2, 0.25) is 10.0 Å². The molecule has 1 aromatic heterocycles. The number of nitrogens with two attached hydrogens (primary N) is 1. The molecule has 3 aromatic rings. The third-order valence-electron chi connectivity index (χ3n) is 3.53. The van der Waals surface area contributed by atoms with E-state index in [2.05, 4.69) is 15.4 Å². The molecule has 0 aliphatic carbocycles. The van der Waals surface area contributed by atoms with E-state index in [1.807, 2.05) is 12.1 Å². The molecule has 0 radical (unpaired) electrons. The Bertz CT molecular complexity index is 1020. The van der Waals surface area contributed by atoms with Crippen LogP contribution in [0.5, 0.6) is 0 Å². The summed E-state index contributed by atoms with van der Waals surface area (Å²) in [6.07, 6.45) is 0.687. The molecular formula is C16H15Cl2N5O2S. The fourth-order valence-corrected chi connectivity index (χ4v) is 3.84. The third-order valence-corrected chi connectivity index (χ3v) is 5.59. The van der Waals surface area contributed by atoms with Gasteiger partial charge in [0.2, 0.25) is 11.9 Å². The molecule has 2 aromatic carbocycles. The first-order valence-electron chi connectivity index (χ1n) is 7.58. The van der Waals surface area contributed by atoms with Crippen LogP contribution >= 0.6 is 23.2 Å². The molecule has 1 heterocycles. The molecule has 26 heavy (non-hydrogen) atoms. The Kier molecular flexibility index (Phi) is 5.36. The molecule has 0 amide bonds. The molecule has 0 fully saturated rings. The number of anilines is 2. The summed E-state index contributed by atoms with van der Waals surface area (Å²) in [5, 5.41) is 7.87. The van der Waals surface area contributed by atoms with Crippen molar-refractivity contribution in [3.63, 3.8) is 0 Å². The number of halogens is 2. The highest BCUT2D eigenvalue weighted by Crippen LogP contribution is 2.20. The van der Waals surface area contributed by atoms with Crippen LogP contribution in [0.15, 0.2) is 53.4 Å². The van der Waals surface area contributed by atoms with Crippen molar-refractivity contribution in [2.24, 2.45) is 0 Å². The summed E-state index contributed by atoms with van der Waals surface area (Å²) >= 11 is 11.7. The zero-order chi connectivity index (χ0) is 18.7. The minimum Gasteiger partial charge on any atom is -0.367 e. The van der Waals surface area contributed by atoms with Crippen LogP contribution in [0, 0.1) is 0 Å². The van der Waals surface area contributed by atoms with Gasteiger partial charge in [-0.05, 0) is 42.3 Å². The molecule has 0 unspecified atom stereocenters. The van der Waals surface area contributed by atoms with Gasteiger partial charge in [-0.25, -0.2) is 0 Å². The number of nitrogens with zero attached hydrogens (tertiary/aromatic N) is 3. The maximum Gasteiger partial charge on any atom is 0.286 e. The van der Waals surface area contributed by atoms with Gasteiger partial charge in [0.1, 0.15) is 0 Å². The van der Waals surface area contributed by atoms with Gasteiger partial charge in [-0.2, -0.15) is 13.4 Å². The van der Waals surface area contributed by atoms with Gasteiger partial charge < -0.3 is 11.1 Å². The van der Waals surface area contributed by atoms with Gasteiger partial charge in [-0.1, -0.05) is 41.4 Å². The van der Waals surface area contributed by atoms with Crippen LogP contribution in [-0.2, 0) is 16.4 Å². The second-order valence-electron chi connectivity index (χ2n) is 5.40. The highest BCUT2D eigenvalue weighted by Gasteiger charge is 2.22. The summed E-state index contributed by atoms with van der Waals surface area (Å²) in [6, 6.07) is 13.3. The van der Waals surface area contributed by atoms with Crippen LogP contribution in [-0.4, -0.2) is 29.1 Å². The van der Waals surface area contributed by atoms with Gasteiger partial charge in [-0.15, -0.1) is 9.19 Å². The quantitative estimate of drug-likeness (QED) is 0.645. The molecule has 0 bridgehead atoms. The second-order valence-corrected chi connectivity index (χ2v) is 8.04. The average Bonchev–Trinajstić information content (AvgIpc) is 2.98. The maximum absolute atomic E-state index is 12.6. The highest BCUT2D eigenvalue weighted by atomic mass is 35.5. The molecule has 0 saturated heterocycles. The summed E-state index contributed by atoms with van der Waals surface area (Å²) < 4.78 is 25.9. The van der Waals surface area contributed by atoms with Crippen molar-refractivity contribution >= 4 is 45.1 Å². The smallest absolute Gasteiger partial charge is 0.286 e. The lowest BCUT2D eigenvalue weighted by atomic mass is 10.1. The molecule has 0 saturated carbocycles. The van der Waals surface area contributed by atoms with E-state index in [1.54, 1.807) is 18.2 Å². The van der Waals surface area contributed by atoms with Crippen LogP contribution in [0.4, 0.5) is 11.9 Å². The summed E-state index contributed by atoms with van der Waals surface area (Å²) in [7, 11) is -3.97. The standard InChI is InChI=1S/C16H15Cl2N5O2S/c17-12-6-4-11(5-7-12)8-9-20-16-21-15(19)23(22-16)26(24,25)14-3-1-2-13(18)10-14/h1-7,10H,8-9H2,(H3,19,20,21,22). The normalized spacial score (nSPS) is 11.5. The van der Waals surface area contributed by atoms with Gasteiger partial charge in [0, 0.05) is 16.6 Å². The van der Waals surface area contributed by atoms with E-state index >= 15 is 0 Å². The zero-order valence-corrected chi connectivity index (χ0v) is 15.8. The highest BCUT2D eigenvalue weighted by molar-refractivity contribution is 7.90. The monoisotopic (exact) mass is 411 g/mol. The molecular weight excluding hydrogens is 397 g/mol. The van der Waals surface area contributed by atoms with Gasteiger partial charge in [0.15, 0.2) is 0 Å². The molecule has 136 valence electrons. The van der Waals surface area contributed by atoms with Crippen LogP contribution in [0.25, 0.3) is 0 Å². The summed E-state index contributed by atoms with van der Waals surface area (Å²) in [5.74, 6) is -0.110. The van der Waals surface area contributed by atoms with E-state index in [-0.39, 0.29) is 16.8 Å². The van der Waals surface area contributed by atoms with Crippen molar-refractivity contribution in [3.05, 3.63) is 64.1 Å². The second kappa shape index (κ2) is 7.53. The lowest BCUT2D eigenvalue weighted by molar-refractivity contribution is 0.581. The Morgan fingerprint density at radius 3 is 2.50 bits per heavy atom. The Morgan fingerprint density at radius 2 is 1.81 bits per heavy atom. The lowest BCUT2D eigenvalue weighted by Crippen LogP contribution is -2.17. The Morgan fingerprint density at radius 1 is 1.08 bits per heavy atom. The first-order chi connectivity index (χ1) is 12.4. The Hall–Kier alpha value is -2.29. The van der Waals surface area contributed by atoms with Crippen LogP contribution < -0.4 is 11.1 Å². The molecule has 7 nitrogen and oxygen atoms in total. The SMILES string of the molecule is Nc1nc(NCCc2ccc(Cl)cc2)nn1S(=O)(=O)c1cccc(Cl)c1. The third kappa shape index (κ3) is 4.09. The number of nitrogen functional groups attached to an aromatic ring is 1. The Balaban J connectivity index is 1.73. The summed E-state index contributed by atoms with van der Waals surface area (Å²) in [6.45, 7) is 0.502. The first-order valence-corrected chi connectivity index (χ1v) is 9.78. The topological polar surface area (TPSA) is 103 Å². The van der Waals surface area contributed by atoms with Gasteiger partial charge in [-0.3, -0.25) is 0 Å². The molecule has 3 N–H and O–H groups in total. The van der Waals surface area contributed by atoms with Crippen molar-refractivity contribution < 1.29 is 8.42 Å². The van der Waals surface area contributed by atoms with E-state index in [0.717, 1.165) is 5.56 Å². The molecule has 0 atom stereocenters. The molecule has 0 aliphatic heterocycles. The number of rotatable bonds is 6. The van der Waals surface area contributed by atoms with Gasteiger partial charge in [0.25, 0.3) is 10.0 Å². The van der Waals surface area contributed by atoms with Crippen molar-refractivity contribution in [2.45, 2.75) is 11.3 Å². The van der Waals surface area contributed by atoms with Crippen molar-refractivity contribution in [1.82, 2.24) is 14.2 Å². The molecule has 10 heteroatoms. The maximum atomic E-state index is 12.6. The number of nitrogens with one attached hydrogen (secondary N) is 1. The van der Waals surface area contributed by atoms with Crippen molar-refractivity contribution in [3.8, 4) is 0 Å². The van der Waals surface area contributed by atoms with Crippen LogP contribution in [0.3, 0.4) is 0 Å². The summed E-state index contributed by atoms with van der Waals surface area (Å²) in [5.41, 5.74) is 6.80. The van der Waals surface area contributed by atoms with E-state index in [1.165, 1.54) is 18.2 Å². The first kappa shape index (κ1) is 18.5. The fourth-order valence-electron chi connectivity index (χ4n) is 2.26. The predicted molar refractivity (Wildman–Crippen MR) is 102 cm³/mol. The zero-order valence-electron chi connectivity index (χ0n) is 13.4. The van der Waals surface area contributed by atoms with Gasteiger partial charge >= 0.3 is 0 Å². The largest absolute Gasteiger partial charge is 0.367 e. The van der Waals surface area contributed by atoms with E-state index < -0.39 is 10.0 Å². The van der Waals surface area contributed by atoms with Crippen LogP contribution in [0.1, 0.15) is 5.56 Å². The average molecular weight is 412 g/mol. The van der Waals surface area contributed by atoms with Crippen molar-refractivity contribution in [1.29, 1.82) is 0 Å². The van der Waals surface area contributed by atoms with Crippen molar-refractivity contribution in [2.75, 3.05) is 17.6 Å². The molecule has 0 spiro atoms. The van der Waals surface area contributed by atoms with E-state index in [4.69, 9.17) is 28.9 Å². The molecule has 3 rings (SSSR count). The van der Waals surface area contributed by atoms with E-state index in [9.17, 15) is 8.42 Å². The number of hydrogen-bond acceptors (Lipinski definition) is 6. The minimum absolute atomic E-state index is 0.0192.